The van der Waals surface area contributed by atoms with Gasteiger partial charge >= 0.3 is 0 Å². The zero-order valence-electron chi connectivity index (χ0n) is 10.3. The second-order valence-electron chi connectivity index (χ2n) is 5.04. The molecule has 1 aliphatic rings. The summed E-state index contributed by atoms with van der Waals surface area (Å²) in [4.78, 5) is 0. The zero-order valence-corrected chi connectivity index (χ0v) is 10.3. The number of rotatable bonds is 2. The normalized spacial score (nSPS) is 19.8. The van der Waals surface area contributed by atoms with Crippen LogP contribution in [0, 0.1) is 11.8 Å². The van der Waals surface area contributed by atoms with Crippen LogP contribution in [0.3, 0.4) is 0 Å². The van der Waals surface area contributed by atoms with Crippen LogP contribution in [0.4, 0.5) is 5.69 Å². The van der Waals surface area contributed by atoms with Crippen molar-refractivity contribution in [2.24, 2.45) is 11.8 Å². The SMILES string of the molecule is C=Cc1ccc2c(c1)CC(C(C)C)CCN2. The molecular formula is C15H21N. The summed E-state index contributed by atoms with van der Waals surface area (Å²) >= 11 is 0. The molecule has 1 atom stereocenters. The molecule has 1 aromatic carbocycles. The van der Waals surface area contributed by atoms with E-state index in [0.717, 1.165) is 18.4 Å². The summed E-state index contributed by atoms with van der Waals surface area (Å²) < 4.78 is 0. The van der Waals surface area contributed by atoms with Crippen LogP contribution in [0.1, 0.15) is 31.4 Å². The van der Waals surface area contributed by atoms with E-state index < -0.39 is 0 Å². The molecule has 0 aliphatic carbocycles. The predicted octanol–water partition coefficient (Wildman–Crippen LogP) is 3.96. The van der Waals surface area contributed by atoms with Crippen LogP contribution < -0.4 is 5.32 Å². The van der Waals surface area contributed by atoms with Gasteiger partial charge in [0.15, 0.2) is 0 Å². The molecule has 0 fully saturated rings. The van der Waals surface area contributed by atoms with E-state index in [4.69, 9.17) is 0 Å². The first-order valence-electron chi connectivity index (χ1n) is 6.20. The number of hydrogen-bond donors (Lipinski definition) is 1. The maximum absolute atomic E-state index is 3.84. The van der Waals surface area contributed by atoms with Crippen LogP contribution in [-0.2, 0) is 6.42 Å². The summed E-state index contributed by atoms with van der Waals surface area (Å²) in [5, 5.41) is 3.53. The fraction of sp³-hybridized carbons (Fsp3) is 0.467. The van der Waals surface area contributed by atoms with Gasteiger partial charge in [-0.05, 0) is 47.9 Å². The highest BCUT2D eigenvalue weighted by Crippen LogP contribution is 2.29. The largest absolute Gasteiger partial charge is 0.385 e. The Kier molecular flexibility index (Phi) is 3.33. The highest BCUT2D eigenvalue weighted by Gasteiger charge is 2.18. The molecule has 0 saturated carbocycles. The summed E-state index contributed by atoms with van der Waals surface area (Å²) in [6.45, 7) is 9.59. The van der Waals surface area contributed by atoms with Crippen LogP contribution in [0.15, 0.2) is 24.8 Å². The Morgan fingerprint density at radius 3 is 2.94 bits per heavy atom. The number of anilines is 1. The van der Waals surface area contributed by atoms with Gasteiger partial charge in [0.1, 0.15) is 0 Å². The Labute approximate surface area is 98.6 Å². The molecule has 0 aromatic heterocycles. The van der Waals surface area contributed by atoms with E-state index >= 15 is 0 Å². The maximum Gasteiger partial charge on any atom is 0.0373 e. The summed E-state index contributed by atoms with van der Waals surface area (Å²) in [6.07, 6.45) is 4.40. The molecule has 0 amide bonds. The molecule has 1 N–H and O–H groups in total. The predicted molar refractivity (Wildman–Crippen MR) is 71.7 cm³/mol. The molecule has 0 bridgehead atoms. The molecule has 1 heterocycles. The molecule has 0 radical (unpaired) electrons. The van der Waals surface area contributed by atoms with E-state index in [0.29, 0.717) is 0 Å². The van der Waals surface area contributed by atoms with Gasteiger partial charge in [0.25, 0.3) is 0 Å². The molecule has 1 nitrogen and oxygen atoms in total. The van der Waals surface area contributed by atoms with Gasteiger partial charge in [-0.1, -0.05) is 32.6 Å². The molecule has 16 heavy (non-hydrogen) atoms. The lowest BCUT2D eigenvalue weighted by Gasteiger charge is -2.18. The van der Waals surface area contributed by atoms with Gasteiger partial charge in [-0.25, -0.2) is 0 Å². The summed E-state index contributed by atoms with van der Waals surface area (Å²) in [7, 11) is 0. The van der Waals surface area contributed by atoms with Crippen LogP contribution in [0.5, 0.6) is 0 Å². The fourth-order valence-corrected chi connectivity index (χ4v) is 2.43. The van der Waals surface area contributed by atoms with Crippen molar-refractivity contribution in [2.75, 3.05) is 11.9 Å². The minimum Gasteiger partial charge on any atom is -0.385 e. The standard InChI is InChI=1S/C15H21N/c1-4-12-5-6-15-14(9-12)10-13(11(2)3)7-8-16-15/h4-6,9,11,13,16H,1,7-8,10H2,2-3H3. The van der Waals surface area contributed by atoms with Crippen molar-refractivity contribution in [2.45, 2.75) is 26.7 Å². The molecule has 2 rings (SSSR count). The highest BCUT2D eigenvalue weighted by molar-refractivity contribution is 5.59. The van der Waals surface area contributed by atoms with E-state index in [1.165, 1.54) is 29.7 Å². The van der Waals surface area contributed by atoms with Crippen LogP contribution in [-0.4, -0.2) is 6.54 Å². The van der Waals surface area contributed by atoms with Gasteiger partial charge in [-0.15, -0.1) is 0 Å². The third-order valence-electron chi connectivity index (χ3n) is 3.62. The first-order chi connectivity index (χ1) is 7.70. The zero-order chi connectivity index (χ0) is 11.5. The summed E-state index contributed by atoms with van der Waals surface area (Å²) in [5.74, 6) is 1.56. The molecule has 86 valence electrons. The van der Waals surface area contributed by atoms with Crippen molar-refractivity contribution in [3.05, 3.63) is 35.9 Å². The lowest BCUT2D eigenvalue weighted by Crippen LogP contribution is -2.12. The van der Waals surface area contributed by atoms with E-state index in [2.05, 4.69) is 43.9 Å². The average molecular weight is 215 g/mol. The second-order valence-corrected chi connectivity index (χ2v) is 5.04. The number of benzene rings is 1. The van der Waals surface area contributed by atoms with Gasteiger partial charge in [0.2, 0.25) is 0 Å². The summed E-state index contributed by atoms with van der Waals surface area (Å²) in [6, 6.07) is 6.60. The molecule has 1 aromatic rings. The van der Waals surface area contributed by atoms with Crippen molar-refractivity contribution in [1.82, 2.24) is 0 Å². The number of hydrogen-bond acceptors (Lipinski definition) is 1. The van der Waals surface area contributed by atoms with Gasteiger partial charge in [0.05, 0.1) is 0 Å². The lowest BCUT2D eigenvalue weighted by atomic mass is 9.87. The van der Waals surface area contributed by atoms with Crippen molar-refractivity contribution in [3.63, 3.8) is 0 Å². The van der Waals surface area contributed by atoms with Crippen LogP contribution in [0.25, 0.3) is 6.08 Å². The van der Waals surface area contributed by atoms with Gasteiger partial charge in [-0.2, -0.15) is 0 Å². The third kappa shape index (κ3) is 2.29. The van der Waals surface area contributed by atoms with E-state index in [9.17, 15) is 0 Å². The summed E-state index contributed by atoms with van der Waals surface area (Å²) in [5.41, 5.74) is 3.99. The quantitative estimate of drug-likeness (QED) is 0.787. The van der Waals surface area contributed by atoms with E-state index in [1.54, 1.807) is 0 Å². The van der Waals surface area contributed by atoms with E-state index in [-0.39, 0.29) is 0 Å². The van der Waals surface area contributed by atoms with Crippen molar-refractivity contribution < 1.29 is 0 Å². The average Bonchev–Trinajstić information content (AvgIpc) is 2.49. The molecule has 1 unspecified atom stereocenters. The maximum atomic E-state index is 3.84. The Bertz CT molecular complexity index is 379. The fourth-order valence-electron chi connectivity index (χ4n) is 2.43. The van der Waals surface area contributed by atoms with Crippen molar-refractivity contribution in [1.29, 1.82) is 0 Å². The number of nitrogens with one attached hydrogen (secondary N) is 1. The monoisotopic (exact) mass is 215 g/mol. The topological polar surface area (TPSA) is 12.0 Å². The molecular weight excluding hydrogens is 194 g/mol. The van der Waals surface area contributed by atoms with Gasteiger partial charge in [-0.3, -0.25) is 0 Å². The molecule has 0 saturated heterocycles. The Balaban J connectivity index is 2.30. The highest BCUT2D eigenvalue weighted by atomic mass is 14.9. The van der Waals surface area contributed by atoms with Gasteiger partial charge < -0.3 is 5.32 Å². The molecule has 0 spiro atoms. The second kappa shape index (κ2) is 4.73. The Morgan fingerprint density at radius 2 is 2.25 bits per heavy atom. The lowest BCUT2D eigenvalue weighted by molar-refractivity contribution is 0.370. The first-order valence-corrected chi connectivity index (χ1v) is 6.20. The minimum atomic E-state index is 0.764. The molecule has 1 heteroatoms. The third-order valence-corrected chi connectivity index (χ3v) is 3.62. The number of fused-ring (bicyclic) bond motifs is 1. The molecule has 1 aliphatic heterocycles. The van der Waals surface area contributed by atoms with Crippen molar-refractivity contribution >= 4 is 11.8 Å². The first kappa shape index (κ1) is 11.3. The Morgan fingerprint density at radius 1 is 1.44 bits per heavy atom. The Hall–Kier alpha value is -1.24. The van der Waals surface area contributed by atoms with Crippen LogP contribution >= 0.6 is 0 Å². The minimum absolute atomic E-state index is 0.764. The van der Waals surface area contributed by atoms with Crippen molar-refractivity contribution in [3.8, 4) is 0 Å². The van der Waals surface area contributed by atoms with Crippen LogP contribution in [0.2, 0.25) is 0 Å². The smallest absolute Gasteiger partial charge is 0.0373 e. The van der Waals surface area contributed by atoms with Gasteiger partial charge in [0, 0.05) is 12.2 Å². The van der Waals surface area contributed by atoms with E-state index in [1.807, 2.05) is 6.08 Å².